The minimum absolute atomic E-state index is 0.0359. The summed E-state index contributed by atoms with van der Waals surface area (Å²) < 4.78 is 11.7. The van der Waals surface area contributed by atoms with Gasteiger partial charge >= 0.3 is 0 Å². The zero-order chi connectivity index (χ0) is 19.1. The normalized spacial score (nSPS) is 23.7. The summed E-state index contributed by atoms with van der Waals surface area (Å²) in [5, 5.41) is 0. The summed E-state index contributed by atoms with van der Waals surface area (Å²) in [7, 11) is 0. The molecule has 1 amide bonds. The van der Waals surface area contributed by atoms with Gasteiger partial charge in [-0.25, -0.2) is 9.97 Å². The highest BCUT2D eigenvalue weighted by Crippen LogP contribution is 2.46. The van der Waals surface area contributed by atoms with Crippen LogP contribution in [0.1, 0.15) is 29.7 Å². The zero-order valence-electron chi connectivity index (χ0n) is 15.7. The summed E-state index contributed by atoms with van der Waals surface area (Å²) in [6, 6.07) is 2.21. The number of nitrogens with zero attached hydrogens (tertiary/aromatic N) is 3. The number of nitrogen functional groups attached to an aromatic ring is 1. The number of hydrogen-bond donors (Lipinski definition) is 1. The van der Waals surface area contributed by atoms with Crippen molar-refractivity contribution in [1.29, 1.82) is 0 Å². The standard InChI is InChI=1S/C20H24N4O3S/c21-18-11-22-15(10-23-18)17-9-14-16(28-17)2-8-27-20(14)3-5-24(6-4-20)19(25)13-1-7-26-12-13/h9-11,13H,1-8,12H2,(H2,21,23). The first-order chi connectivity index (χ1) is 13.6. The Balaban J connectivity index is 1.36. The average molecular weight is 401 g/mol. The molecule has 28 heavy (non-hydrogen) atoms. The summed E-state index contributed by atoms with van der Waals surface area (Å²) in [4.78, 5) is 25.8. The van der Waals surface area contributed by atoms with E-state index in [0.717, 1.165) is 56.0 Å². The number of anilines is 1. The lowest BCUT2D eigenvalue weighted by atomic mass is 9.82. The van der Waals surface area contributed by atoms with Crippen molar-refractivity contribution in [3.05, 3.63) is 28.9 Å². The number of amides is 1. The van der Waals surface area contributed by atoms with Gasteiger partial charge in [-0.15, -0.1) is 11.3 Å². The molecule has 5 rings (SSSR count). The lowest BCUT2D eigenvalue weighted by molar-refractivity contribution is -0.144. The molecule has 2 aromatic rings. The maximum absolute atomic E-state index is 12.7. The van der Waals surface area contributed by atoms with E-state index in [1.165, 1.54) is 10.4 Å². The van der Waals surface area contributed by atoms with E-state index in [1.54, 1.807) is 23.7 Å². The minimum atomic E-state index is -0.285. The lowest BCUT2D eigenvalue weighted by Crippen LogP contribution is -2.49. The molecule has 0 bridgehead atoms. The van der Waals surface area contributed by atoms with E-state index in [2.05, 4.69) is 16.0 Å². The second kappa shape index (κ2) is 7.09. The summed E-state index contributed by atoms with van der Waals surface area (Å²) in [6.45, 7) is 3.47. The Morgan fingerprint density at radius 3 is 2.82 bits per heavy atom. The molecule has 7 nitrogen and oxygen atoms in total. The van der Waals surface area contributed by atoms with Crippen LogP contribution in [0.2, 0.25) is 0 Å². The van der Waals surface area contributed by atoms with Crippen molar-refractivity contribution in [2.45, 2.75) is 31.3 Å². The van der Waals surface area contributed by atoms with Gasteiger partial charge < -0.3 is 20.1 Å². The quantitative estimate of drug-likeness (QED) is 0.831. The van der Waals surface area contributed by atoms with Gasteiger partial charge in [0.25, 0.3) is 0 Å². The van der Waals surface area contributed by atoms with Gasteiger partial charge in [-0.3, -0.25) is 4.79 Å². The van der Waals surface area contributed by atoms with E-state index in [9.17, 15) is 4.79 Å². The fourth-order valence-electron chi connectivity index (χ4n) is 4.50. The monoisotopic (exact) mass is 400 g/mol. The number of hydrogen-bond acceptors (Lipinski definition) is 7. The zero-order valence-corrected chi connectivity index (χ0v) is 16.5. The maximum Gasteiger partial charge on any atom is 0.228 e. The number of ether oxygens (including phenoxy) is 2. The van der Waals surface area contributed by atoms with Crippen molar-refractivity contribution >= 4 is 23.1 Å². The van der Waals surface area contributed by atoms with Gasteiger partial charge in [0, 0.05) is 31.0 Å². The van der Waals surface area contributed by atoms with Crippen LogP contribution >= 0.6 is 11.3 Å². The van der Waals surface area contributed by atoms with Crippen LogP contribution in [0.3, 0.4) is 0 Å². The molecular formula is C20H24N4O3S. The highest BCUT2D eigenvalue weighted by Gasteiger charge is 2.43. The average Bonchev–Trinajstić information content (AvgIpc) is 3.40. The summed E-state index contributed by atoms with van der Waals surface area (Å²) >= 11 is 1.77. The predicted octanol–water partition coefficient (Wildman–Crippen LogP) is 2.21. The Morgan fingerprint density at radius 2 is 2.11 bits per heavy atom. The van der Waals surface area contributed by atoms with Crippen LogP contribution in [0.4, 0.5) is 5.82 Å². The molecule has 0 saturated carbocycles. The molecule has 3 aliphatic heterocycles. The molecule has 1 unspecified atom stereocenters. The molecule has 2 saturated heterocycles. The predicted molar refractivity (Wildman–Crippen MR) is 106 cm³/mol. The van der Waals surface area contributed by atoms with E-state index >= 15 is 0 Å². The lowest BCUT2D eigenvalue weighted by Gasteiger charge is -2.44. The number of carbonyl (C=O) groups is 1. The van der Waals surface area contributed by atoms with E-state index in [0.29, 0.717) is 19.0 Å². The second-order valence-electron chi connectivity index (χ2n) is 7.75. The molecule has 2 N–H and O–H groups in total. The van der Waals surface area contributed by atoms with Crippen LogP contribution in [-0.2, 0) is 26.3 Å². The van der Waals surface area contributed by atoms with Gasteiger partial charge in [0.15, 0.2) is 0 Å². The fraction of sp³-hybridized carbons (Fsp3) is 0.550. The molecule has 1 atom stereocenters. The molecule has 148 valence electrons. The molecule has 2 fully saturated rings. The van der Waals surface area contributed by atoms with E-state index in [4.69, 9.17) is 15.2 Å². The molecule has 0 radical (unpaired) electrons. The van der Waals surface area contributed by atoms with Crippen LogP contribution in [0, 0.1) is 5.92 Å². The number of rotatable bonds is 2. The summed E-state index contributed by atoms with van der Waals surface area (Å²) in [6.07, 6.45) is 6.76. The number of piperidine rings is 1. The van der Waals surface area contributed by atoms with Crippen molar-refractivity contribution < 1.29 is 14.3 Å². The van der Waals surface area contributed by atoms with E-state index in [-0.39, 0.29) is 17.4 Å². The first-order valence-electron chi connectivity index (χ1n) is 9.86. The molecule has 1 spiro atoms. The second-order valence-corrected chi connectivity index (χ2v) is 8.89. The molecule has 2 aromatic heterocycles. The number of thiophene rings is 1. The smallest absolute Gasteiger partial charge is 0.228 e. The van der Waals surface area contributed by atoms with Crippen LogP contribution in [-0.4, -0.2) is 53.7 Å². The number of fused-ring (bicyclic) bond motifs is 2. The first-order valence-corrected chi connectivity index (χ1v) is 10.7. The highest BCUT2D eigenvalue weighted by molar-refractivity contribution is 7.15. The molecule has 3 aliphatic rings. The van der Waals surface area contributed by atoms with Crippen molar-refractivity contribution in [3.8, 4) is 10.6 Å². The van der Waals surface area contributed by atoms with Gasteiger partial charge in [0.05, 0.1) is 47.7 Å². The molecule has 0 aromatic carbocycles. The Bertz CT molecular complexity index is 868. The van der Waals surface area contributed by atoms with Crippen LogP contribution in [0.25, 0.3) is 10.6 Å². The number of aromatic nitrogens is 2. The number of nitrogens with two attached hydrogens (primary N) is 1. The Morgan fingerprint density at radius 1 is 1.25 bits per heavy atom. The third-order valence-electron chi connectivity index (χ3n) is 6.09. The van der Waals surface area contributed by atoms with Crippen molar-refractivity contribution in [2.75, 3.05) is 38.6 Å². The third kappa shape index (κ3) is 3.09. The maximum atomic E-state index is 12.7. The topological polar surface area (TPSA) is 90.6 Å². The van der Waals surface area contributed by atoms with Crippen LogP contribution < -0.4 is 5.73 Å². The molecule has 8 heteroatoms. The Labute approximate surface area is 167 Å². The van der Waals surface area contributed by atoms with E-state index < -0.39 is 0 Å². The van der Waals surface area contributed by atoms with Crippen molar-refractivity contribution in [1.82, 2.24) is 14.9 Å². The van der Waals surface area contributed by atoms with Crippen LogP contribution in [0.15, 0.2) is 18.5 Å². The van der Waals surface area contributed by atoms with Gasteiger partial charge in [-0.05, 0) is 30.9 Å². The van der Waals surface area contributed by atoms with Gasteiger partial charge in [-0.1, -0.05) is 0 Å². The fourth-order valence-corrected chi connectivity index (χ4v) is 5.69. The van der Waals surface area contributed by atoms with Gasteiger partial charge in [0.2, 0.25) is 5.91 Å². The summed E-state index contributed by atoms with van der Waals surface area (Å²) in [5.41, 5.74) is 7.50. The first kappa shape index (κ1) is 18.0. The third-order valence-corrected chi connectivity index (χ3v) is 7.31. The Hall–Kier alpha value is -2.03. The van der Waals surface area contributed by atoms with Gasteiger partial charge in [-0.2, -0.15) is 0 Å². The SMILES string of the molecule is Nc1cnc(-c2cc3c(s2)CCOC32CCN(C(=O)C3CCOC3)CC2)cn1. The Kier molecular flexibility index (Phi) is 4.57. The molecule has 0 aliphatic carbocycles. The van der Waals surface area contributed by atoms with Crippen molar-refractivity contribution in [3.63, 3.8) is 0 Å². The minimum Gasteiger partial charge on any atom is -0.382 e. The number of likely N-dealkylation sites (tertiary alicyclic amines) is 1. The van der Waals surface area contributed by atoms with E-state index in [1.807, 2.05) is 4.90 Å². The van der Waals surface area contributed by atoms with Crippen molar-refractivity contribution in [2.24, 2.45) is 5.92 Å². The highest BCUT2D eigenvalue weighted by atomic mass is 32.1. The summed E-state index contributed by atoms with van der Waals surface area (Å²) in [5.74, 6) is 0.704. The van der Waals surface area contributed by atoms with Gasteiger partial charge in [0.1, 0.15) is 5.82 Å². The number of carbonyl (C=O) groups excluding carboxylic acids is 1. The molecular weight excluding hydrogens is 376 g/mol. The molecule has 5 heterocycles. The van der Waals surface area contributed by atoms with Crippen LogP contribution in [0.5, 0.6) is 0 Å². The largest absolute Gasteiger partial charge is 0.382 e.